The minimum Gasteiger partial charge on any atom is -0.393 e. The Hall–Kier alpha value is -2.06. The van der Waals surface area contributed by atoms with E-state index in [1.807, 2.05) is 26.0 Å². The number of nitriles is 1. The highest BCUT2D eigenvalue weighted by Crippen LogP contribution is 2.20. The van der Waals surface area contributed by atoms with Crippen molar-refractivity contribution in [2.75, 3.05) is 13.6 Å². The number of hydrogen-bond donors (Lipinski definition) is 1. The second-order valence-electron chi connectivity index (χ2n) is 6.87. The molecule has 0 spiro atoms. The Labute approximate surface area is 145 Å². The first-order valence-corrected chi connectivity index (χ1v) is 8.39. The molecule has 1 N–H and O–H groups in total. The number of rotatable bonds is 7. The Kier molecular flexibility index (Phi) is 7.24. The summed E-state index contributed by atoms with van der Waals surface area (Å²) in [5, 5.41) is 18.7. The lowest BCUT2D eigenvalue weighted by Gasteiger charge is -2.17. The molecule has 0 aliphatic rings. The largest absolute Gasteiger partial charge is 0.393 e. The van der Waals surface area contributed by atoms with Crippen LogP contribution in [0.25, 0.3) is 6.08 Å². The first-order chi connectivity index (χ1) is 11.2. The van der Waals surface area contributed by atoms with Crippen molar-refractivity contribution in [2.45, 2.75) is 53.7 Å². The minimum atomic E-state index is -0.468. The molecule has 0 fully saturated rings. The summed E-state index contributed by atoms with van der Waals surface area (Å²) in [4.78, 5) is 13.9. The van der Waals surface area contributed by atoms with Gasteiger partial charge in [0.1, 0.15) is 11.6 Å². The maximum atomic E-state index is 12.4. The molecule has 0 aliphatic carbocycles. The highest BCUT2D eigenvalue weighted by molar-refractivity contribution is 6.01. The summed E-state index contributed by atoms with van der Waals surface area (Å²) in [5.41, 5.74) is 3.21. The van der Waals surface area contributed by atoms with Gasteiger partial charge in [0.25, 0.3) is 5.91 Å². The van der Waals surface area contributed by atoms with Crippen molar-refractivity contribution in [3.05, 3.63) is 28.6 Å². The lowest BCUT2D eigenvalue weighted by Crippen LogP contribution is -2.30. The first-order valence-electron chi connectivity index (χ1n) is 8.39. The second kappa shape index (κ2) is 8.70. The van der Waals surface area contributed by atoms with Crippen LogP contribution in [0.4, 0.5) is 0 Å². The van der Waals surface area contributed by atoms with Gasteiger partial charge in [0.15, 0.2) is 0 Å². The number of hydrogen-bond acceptors (Lipinski definition) is 3. The van der Waals surface area contributed by atoms with Crippen molar-refractivity contribution < 1.29 is 9.90 Å². The van der Waals surface area contributed by atoms with Crippen molar-refractivity contribution in [2.24, 2.45) is 5.92 Å². The van der Waals surface area contributed by atoms with Crippen molar-refractivity contribution in [1.29, 1.82) is 5.26 Å². The lowest BCUT2D eigenvalue weighted by atomic mass is 10.1. The fraction of sp³-hybridized carbons (Fsp3) is 0.579. The molecule has 1 rings (SSSR count). The third-order valence-electron chi connectivity index (χ3n) is 4.04. The van der Waals surface area contributed by atoms with E-state index in [0.717, 1.165) is 23.5 Å². The van der Waals surface area contributed by atoms with E-state index < -0.39 is 6.10 Å². The molecule has 1 amide bonds. The van der Waals surface area contributed by atoms with Crippen LogP contribution in [0, 0.1) is 31.1 Å². The topological polar surface area (TPSA) is 69.3 Å². The summed E-state index contributed by atoms with van der Waals surface area (Å²) < 4.78 is 2.22. The monoisotopic (exact) mass is 331 g/mol. The van der Waals surface area contributed by atoms with Gasteiger partial charge in [-0.15, -0.1) is 0 Å². The van der Waals surface area contributed by atoms with Crippen LogP contribution in [0.15, 0.2) is 11.6 Å². The van der Waals surface area contributed by atoms with Gasteiger partial charge in [-0.05, 0) is 50.8 Å². The van der Waals surface area contributed by atoms with E-state index in [2.05, 4.69) is 18.4 Å². The lowest BCUT2D eigenvalue weighted by molar-refractivity contribution is -0.125. The van der Waals surface area contributed by atoms with E-state index in [1.54, 1.807) is 20.0 Å². The minimum absolute atomic E-state index is 0.118. The number of aliphatic hydroxyl groups excluding tert-OH is 1. The number of aryl methyl sites for hydroxylation is 1. The molecule has 1 unspecified atom stereocenters. The van der Waals surface area contributed by atoms with Crippen molar-refractivity contribution in [3.63, 3.8) is 0 Å². The van der Waals surface area contributed by atoms with Gasteiger partial charge in [0.2, 0.25) is 0 Å². The SMILES string of the molecule is Cc1cc(/C=C(/C#N)C(=O)N(C)CCC(C)O)c(C)n1CC(C)C. The maximum Gasteiger partial charge on any atom is 0.264 e. The number of amides is 1. The third kappa shape index (κ3) is 5.24. The van der Waals surface area contributed by atoms with Crippen molar-refractivity contribution >= 4 is 12.0 Å². The summed E-state index contributed by atoms with van der Waals surface area (Å²) in [5.74, 6) is 0.210. The number of aliphatic hydroxyl groups is 1. The van der Waals surface area contributed by atoms with Gasteiger partial charge in [-0.25, -0.2) is 0 Å². The van der Waals surface area contributed by atoms with Gasteiger partial charge in [0, 0.05) is 31.5 Å². The Morgan fingerprint density at radius 1 is 1.42 bits per heavy atom. The first kappa shape index (κ1) is 20.0. The Morgan fingerprint density at radius 3 is 2.54 bits per heavy atom. The molecule has 132 valence electrons. The van der Waals surface area contributed by atoms with E-state index in [1.165, 1.54) is 4.90 Å². The molecule has 0 radical (unpaired) electrons. The highest BCUT2D eigenvalue weighted by Gasteiger charge is 2.17. The van der Waals surface area contributed by atoms with E-state index in [-0.39, 0.29) is 11.5 Å². The van der Waals surface area contributed by atoms with Gasteiger partial charge >= 0.3 is 0 Å². The van der Waals surface area contributed by atoms with Gasteiger partial charge in [-0.2, -0.15) is 5.26 Å². The zero-order valence-electron chi connectivity index (χ0n) is 15.6. The summed E-state index contributed by atoms with van der Waals surface area (Å²) >= 11 is 0. The second-order valence-corrected chi connectivity index (χ2v) is 6.87. The molecule has 1 aromatic heterocycles. The average Bonchev–Trinajstić information content (AvgIpc) is 2.76. The zero-order valence-corrected chi connectivity index (χ0v) is 15.6. The van der Waals surface area contributed by atoms with Gasteiger partial charge in [-0.3, -0.25) is 4.79 Å². The van der Waals surface area contributed by atoms with Crippen LogP contribution in [0.3, 0.4) is 0 Å². The Morgan fingerprint density at radius 2 is 2.04 bits per heavy atom. The van der Waals surface area contributed by atoms with E-state index in [4.69, 9.17) is 0 Å². The van der Waals surface area contributed by atoms with Gasteiger partial charge in [0.05, 0.1) is 6.10 Å². The average molecular weight is 331 g/mol. The fourth-order valence-electron chi connectivity index (χ4n) is 2.60. The molecular formula is C19H29N3O2. The molecule has 0 aromatic carbocycles. The third-order valence-corrected chi connectivity index (χ3v) is 4.04. The number of likely N-dealkylation sites (N-methyl/N-ethyl adjacent to an activating group) is 1. The molecule has 5 nitrogen and oxygen atoms in total. The van der Waals surface area contributed by atoms with Gasteiger partial charge in [-0.1, -0.05) is 13.8 Å². The Bertz CT molecular complexity index is 648. The van der Waals surface area contributed by atoms with Crippen LogP contribution in [-0.4, -0.2) is 40.2 Å². The molecule has 0 bridgehead atoms. The summed E-state index contributed by atoms with van der Waals surface area (Å²) in [7, 11) is 1.65. The molecule has 24 heavy (non-hydrogen) atoms. The van der Waals surface area contributed by atoms with E-state index in [9.17, 15) is 15.2 Å². The zero-order chi connectivity index (χ0) is 18.4. The van der Waals surface area contributed by atoms with Crippen molar-refractivity contribution in [1.82, 2.24) is 9.47 Å². The molecule has 0 saturated heterocycles. The number of carbonyl (C=O) groups excluding carboxylic acids is 1. The predicted octanol–water partition coefficient (Wildman–Crippen LogP) is 2.90. The van der Waals surface area contributed by atoms with Crippen LogP contribution >= 0.6 is 0 Å². The van der Waals surface area contributed by atoms with Crippen LogP contribution < -0.4 is 0 Å². The molecule has 0 aliphatic heterocycles. The summed E-state index contributed by atoms with van der Waals surface area (Å²) in [6.45, 7) is 11.4. The molecule has 0 saturated carbocycles. The maximum absolute atomic E-state index is 12.4. The number of nitrogens with zero attached hydrogens (tertiary/aromatic N) is 3. The molecular weight excluding hydrogens is 302 g/mol. The van der Waals surface area contributed by atoms with Crippen molar-refractivity contribution in [3.8, 4) is 6.07 Å². The highest BCUT2D eigenvalue weighted by atomic mass is 16.3. The quantitative estimate of drug-likeness (QED) is 0.617. The smallest absolute Gasteiger partial charge is 0.264 e. The Balaban J connectivity index is 3.04. The summed E-state index contributed by atoms with van der Waals surface area (Å²) in [6.07, 6.45) is 1.69. The fourth-order valence-corrected chi connectivity index (χ4v) is 2.60. The summed E-state index contributed by atoms with van der Waals surface area (Å²) in [6, 6.07) is 4.03. The molecule has 5 heteroatoms. The number of carbonyl (C=O) groups is 1. The number of aromatic nitrogens is 1. The molecule has 1 heterocycles. The van der Waals surface area contributed by atoms with E-state index >= 15 is 0 Å². The standard InChI is InChI=1S/C19H29N3O2/c1-13(2)12-22-14(3)9-17(16(22)5)10-18(11-20)19(24)21(6)8-7-15(4)23/h9-10,13,15,23H,7-8,12H2,1-6H3/b18-10-. The molecule has 1 atom stereocenters. The van der Waals surface area contributed by atoms with Crippen LogP contribution in [0.5, 0.6) is 0 Å². The van der Waals surface area contributed by atoms with E-state index in [0.29, 0.717) is 18.9 Å². The van der Waals surface area contributed by atoms with Crippen LogP contribution in [0.2, 0.25) is 0 Å². The molecule has 1 aromatic rings. The normalized spacial score (nSPS) is 13.0. The van der Waals surface area contributed by atoms with Gasteiger partial charge < -0.3 is 14.6 Å². The van der Waals surface area contributed by atoms with Crippen LogP contribution in [-0.2, 0) is 11.3 Å². The predicted molar refractivity (Wildman–Crippen MR) is 96.3 cm³/mol. The van der Waals surface area contributed by atoms with Crippen LogP contribution in [0.1, 0.15) is 44.1 Å².